The summed E-state index contributed by atoms with van der Waals surface area (Å²) in [6.07, 6.45) is 0. The molecule has 1 aliphatic rings. The number of hydrogen-bond acceptors (Lipinski definition) is 2. The maximum absolute atomic E-state index is 13.3. The van der Waals surface area contributed by atoms with Crippen LogP contribution in [0.1, 0.15) is 41.5 Å². The summed E-state index contributed by atoms with van der Waals surface area (Å²) in [4.78, 5) is 16.4. The van der Waals surface area contributed by atoms with Crippen molar-refractivity contribution in [2.24, 2.45) is 0 Å². The van der Waals surface area contributed by atoms with E-state index in [0.717, 1.165) is 24.4 Å². The minimum absolute atomic E-state index is 0.0118. The van der Waals surface area contributed by atoms with E-state index in [4.69, 9.17) is 0 Å². The van der Waals surface area contributed by atoms with Gasteiger partial charge in [-0.05, 0) is 51.0 Å². The van der Waals surface area contributed by atoms with Crippen LogP contribution in [0.2, 0.25) is 0 Å². The molecule has 0 aromatic heterocycles. The molecule has 0 saturated carbocycles. The Morgan fingerprint density at radius 3 is 2.61 bits per heavy atom. The fraction of sp³-hybridized carbons (Fsp3) is 0.435. The molecule has 28 heavy (non-hydrogen) atoms. The van der Waals surface area contributed by atoms with E-state index in [9.17, 15) is 9.18 Å². The van der Waals surface area contributed by atoms with Crippen LogP contribution in [0.15, 0.2) is 42.5 Å². The fourth-order valence-electron chi connectivity index (χ4n) is 3.63. The Morgan fingerprint density at radius 1 is 1.21 bits per heavy atom. The minimum Gasteiger partial charge on any atom is -0.321 e. The van der Waals surface area contributed by atoms with Gasteiger partial charge in [-0.2, -0.15) is 0 Å². The summed E-state index contributed by atoms with van der Waals surface area (Å²) in [5, 5.41) is -0.0118. The molecule has 2 aromatic rings. The summed E-state index contributed by atoms with van der Waals surface area (Å²) in [5.74, 6) is 0.851. The van der Waals surface area contributed by atoms with Crippen molar-refractivity contribution in [3.63, 3.8) is 0 Å². The molecule has 5 heteroatoms. The van der Waals surface area contributed by atoms with Crippen molar-refractivity contribution in [3.8, 4) is 0 Å². The molecule has 0 aliphatic carbocycles. The number of aryl methyl sites for hydroxylation is 2. The van der Waals surface area contributed by atoms with E-state index in [1.165, 1.54) is 33.7 Å². The lowest BCUT2D eigenvalue weighted by atomic mass is 10.0. The molecule has 1 heterocycles. The maximum atomic E-state index is 13.3. The first-order valence-corrected chi connectivity index (χ1v) is 11.0. The van der Waals surface area contributed by atoms with Crippen molar-refractivity contribution >= 4 is 17.7 Å². The third-order valence-corrected chi connectivity index (χ3v) is 6.74. The van der Waals surface area contributed by atoms with E-state index in [1.807, 2.05) is 4.90 Å². The maximum Gasteiger partial charge on any atom is 0.278 e. The van der Waals surface area contributed by atoms with E-state index >= 15 is 0 Å². The molecule has 1 fully saturated rings. The summed E-state index contributed by atoms with van der Waals surface area (Å²) >= 11 is 1.76. The number of benzene rings is 2. The SMILES string of the molecule is Cc1ccc(C)c(C[NH+](CC(=O)N2CCS[C@H]2c2ccc(F)cc2)C(C)C)c1. The first kappa shape index (κ1) is 20.9. The molecule has 1 saturated heterocycles. The quantitative estimate of drug-likeness (QED) is 0.801. The van der Waals surface area contributed by atoms with Gasteiger partial charge in [-0.15, -0.1) is 11.8 Å². The average Bonchev–Trinajstić information content (AvgIpc) is 3.14. The van der Waals surface area contributed by atoms with E-state index in [1.54, 1.807) is 23.9 Å². The Hall–Kier alpha value is -1.85. The van der Waals surface area contributed by atoms with Crippen LogP contribution < -0.4 is 4.90 Å². The lowest BCUT2D eigenvalue weighted by Gasteiger charge is -2.29. The van der Waals surface area contributed by atoms with Gasteiger partial charge >= 0.3 is 0 Å². The largest absolute Gasteiger partial charge is 0.321 e. The second-order valence-electron chi connectivity index (χ2n) is 7.96. The van der Waals surface area contributed by atoms with Gasteiger partial charge in [0.05, 0.1) is 6.04 Å². The summed E-state index contributed by atoms with van der Waals surface area (Å²) in [5.41, 5.74) is 4.83. The molecule has 1 amide bonds. The number of amides is 1. The predicted molar refractivity (Wildman–Crippen MR) is 114 cm³/mol. The van der Waals surface area contributed by atoms with E-state index in [0.29, 0.717) is 12.6 Å². The van der Waals surface area contributed by atoms with Crippen LogP contribution in [0, 0.1) is 19.7 Å². The topological polar surface area (TPSA) is 24.8 Å². The third kappa shape index (κ3) is 4.95. The summed E-state index contributed by atoms with van der Waals surface area (Å²) < 4.78 is 13.3. The predicted octanol–water partition coefficient (Wildman–Crippen LogP) is 3.51. The Morgan fingerprint density at radius 2 is 1.93 bits per heavy atom. The van der Waals surface area contributed by atoms with Crippen LogP contribution in [0.5, 0.6) is 0 Å². The molecule has 150 valence electrons. The molecule has 0 spiro atoms. The fourth-order valence-corrected chi connectivity index (χ4v) is 4.91. The smallest absolute Gasteiger partial charge is 0.278 e. The van der Waals surface area contributed by atoms with Crippen LogP contribution in [0.3, 0.4) is 0 Å². The number of nitrogens with one attached hydrogen (secondary N) is 1. The lowest BCUT2D eigenvalue weighted by molar-refractivity contribution is -0.927. The molecular formula is C23H30FN2OS+. The number of rotatable bonds is 6. The average molecular weight is 402 g/mol. The van der Waals surface area contributed by atoms with Crippen LogP contribution in [-0.2, 0) is 11.3 Å². The highest BCUT2D eigenvalue weighted by atomic mass is 32.2. The lowest BCUT2D eigenvalue weighted by Crippen LogP contribution is -3.14. The number of carbonyl (C=O) groups is 1. The normalized spacial score (nSPS) is 17.9. The molecular weight excluding hydrogens is 371 g/mol. The number of carbonyl (C=O) groups excluding carboxylic acids is 1. The molecule has 2 aromatic carbocycles. The van der Waals surface area contributed by atoms with Gasteiger partial charge in [0.15, 0.2) is 6.54 Å². The van der Waals surface area contributed by atoms with Gasteiger partial charge < -0.3 is 9.80 Å². The van der Waals surface area contributed by atoms with Gasteiger partial charge in [-0.25, -0.2) is 4.39 Å². The zero-order chi connectivity index (χ0) is 20.3. The number of halogens is 1. The van der Waals surface area contributed by atoms with Gasteiger partial charge in [0, 0.05) is 17.9 Å². The first-order chi connectivity index (χ1) is 13.3. The van der Waals surface area contributed by atoms with Crippen molar-refractivity contribution in [3.05, 3.63) is 70.5 Å². The van der Waals surface area contributed by atoms with Crippen LogP contribution in [-0.4, -0.2) is 35.7 Å². The zero-order valence-corrected chi connectivity index (χ0v) is 18.0. The number of nitrogens with zero attached hydrogens (tertiary/aromatic N) is 1. The van der Waals surface area contributed by atoms with Gasteiger partial charge in [-0.1, -0.05) is 35.9 Å². The molecule has 0 bridgehead atoms. The van der Waals surface area contributed by atoms with E-state index < -0.39 is 0 Å². The monoisotopic (exact) mass is 401 g/mol. The Bertz CT molecular complexity index is 822. The van der Waals surface area contributed by atoms with Gasteiger partial charge in [-0.3, -0.25) is 4.79 Å². The molecule has 0 radical (unpaired) electrons. The van der Waals surface area contributed by atoms with Gasteiger partial charge in [0.1, 0.15) is 17.7 Å². The standard InChI is InChI=1S/C23H29FN2OS/c1-16(2)25(14-20-13-17(3)5-6-18(20)4)15-22(27)26-11-12-28-23(26)19-7-9-21(24)10-8-19/h5-10,13,16,23H,11-12,14-15H2,1-4H3/p+1/t23-/m0/s1. The zero-order valence-electron chi connectivity index (χ0n) is 17.2. The van der Waals surface area contributed by atoms with Crippen molar-refractivity contribution in [2.75, 3.05) is 18.8 Å². The highest BCUT2D eigenvalue weighted by molar-refractivity contribution is 7.99. The van der Waals surface area contributed by atoms with Crippen LogP contribution in [0.4, 0.5) is 4.39 Å². The molecule has 1 aliphatic heterocycles. The Kier molecular flexibility index (Phi) is 6.78. The van der Waals surface area contributed by atoms with Gasteiger partial charge in [0.2, 0.25) is 0 Å². The number of quaternary nitrogens is 1. The minimum atomic E-state index is -0.242. The van der Waals surface area contributed by atoms with Crippen molar-refractivity contribution in [1.29, 1.82) is 0 Å². The summed E-state index contributed by atoms with van der Waals surface area (Å²) in [6.45, 7) is 10.7. The first-order valence-electron chi connectivity index (χ1n) is 9.92. The van der Waals surface area contributed by atoms with E-state index in [-0.39, 0.29) is 17.1 Å². The second-order valence-corrected chi connectivity index (χ2v) is 9.15. The third-order valence-electron chi connectivity index (χ3n) is 5.48. The summed E-state index contributed by atoms with van der Waals surface area (Å²) in [7, 11) is 0. The molecule has 3 nitrogen and oxygen atoms in total. The highest BCUT2D eigenvalue weighted by Gasteiger charge is 2.33. The molecule has 1 unspecified atom stereocenters. The van der Waals surface area contributed by atoms with E-state index in [2.05, 4.69) is 45.9 Å². The number of thioether (sulfide) groups is 1. The Labute approximate surface area is 171 Å². The van der Waals surface area contributed by atoms with Crippen LogP contribution >= 0.6 is 11.8 Å². The number of hydrogen-bond donors (Lipinski definition) is 1. The van der Waals surface area contributed by atoms with Crippen molar-refractivity contribution in [2.45, 2.75) is 45.7 Å². The van der Waals surface area contributed by atoms with Gasteiger partial charge in [0.25, 0.3) is 5.91 Å². The highest BCUT2D eigenvalue weighted by Crippen LogP contribution is 2.37. The van der Waals surface area contributed by atoms with Crippen molar-refractivity contribution < 1.29 is 14.1 Å². The Balaban J connectivity index is 1.72. The van der Waals surface area contributed by atoms with Crippen molar-refractivity contribution in [1.82, 2.24) is 4.90 Å². The molecule has 3 rings (SSSR count). The second kappa shape index (κ2) is 9.10. The molecule has 1 N–H and O–H groups in total. The summed E-state index contributed by atoms with van der Waals surface area (Å²) in [6, 6.07) is 13.4. The molecule has 2 atom stereocenters. The van der Waals surface area contributed by atoms with Crippen LogP contribution in [0.25, 0.3) is 0 Å².